The van der Waals surface area contributed by atoms with Crippen LogP contribution in [0.1, 0.15) is 15.4 Å². The third-order valence-electron chi connectivity index (χ3n) is 3.77. The number of pyridine rings is 1. The van der Waals surface area contributed by atoms with Crippen LogP contribution < -0.4 is 10.1 Å². The molecule has 0 spiro atoms. The number of hydrogen-bond donors (Lipinski definition) is 2. The molecule has 11 heteroatoms. The lowest BCUT2D eigenvalue weighted by atomic mass is 10.3. The van der Waals surface area contributed by atoms with Crippen LogP contribution in [-0.4, -0.2) is 38.2 Å². The average molecular weight is 457 g/mol. The van der Waals surface area contributed by atoms with Crippen molar-refractivity contribution in [3.05, 3.63) is 59.5 Å². The van der Waals surface area contributed by atoms with Crippen LogP contribution in [0.2, 0.25) is 0 Å². The summed E-state index contributed by atoms with van der Waals surface area (Å²) in [6.45, 7) is 1.94. The van der Waals surface area contributed by atoms with Crippen LogP contribution in [0.5, 0.6) is 5.75 Å². The number of benzene rings is 1. The number of H-pyrrole nitrogens is 1. The quantitative estimate of drug-likeness (QED) is 0.418. The largest absolute Gasteiger partial charge is 0.497 e. The van der Waals surface area contributed by atoms with Gasteiger partial charge < -0.3 is 9.72 Å². The van der Waals surface area contributed by atoms with Crippen molar-refractivity contribution in [3.63, 3.8) is 0 Å². The molecule has 4 aromatic rings. The van der Waals surface area contributed by atoms with E-state index in [-0.39, 0.29) is 5.91 Å². The Morgan fingerprint density at radius 1 is 1.17 bits per heavy atom. The van der Waals surface area contributed by atoms with Crippen molar-refractivity contribution >= 4 is 45.9 Å². The fraction of sp³-hybridized carbons (Fsp3) is 0.105. The fourth-order valence-electron chi connectivity index (χ4n) is 2.41. The first-order valence-corrected chi connectivity index (χ1v) is 11.2. The molecule has 0 fully saturated rings. The first-order valence-electron chi connectivity index (χ1n) is 8.71. The monoisotopic (exact) mass is 456 g/mol. The van der Waals surface area contributed by atoms with Gasteiger partial charge in [0.05, 0.1) is 7.11 Å². The normalized spacial score (nSPS) is 10.7. The van der Waals surface area contributed by atoms with Crippen LogP contribution in [0.3, 0.4) is 0 Å². The summed E-state index contributed by atoms with van der Waals surface area (Å²) in [6.07, 6.45) is 3.21. The van der Waals surface area contributed by atoms with Gasteiger partial charge in [0, 0.05) is 20.9 Å². The molecule has 0 radical (unpaired) electrons. The molecule has 3 aromatic heterocycles. The van der Waals surface area contributed by atoms with Crippen molar-refractivity contribution < 1.29 is 9.53 Å². The Hall–Kier alpha value is -2.89. The molecule has 8 nitrogen and oxygen atoms in total. The second kappa shape index (κ2) is 9.28. The smallest absolute Gasteiger partial charge is 0.277 e. The number of aromatic nitrogens is 5. The molecule has 1 aromatic carbocycles. The van der Waals surface area contributed by atoms with E-state index in [1.54, 1.807) is 13.3 Å². The number of hydrogen-bond acceptors (Lipinski definition) is 9. The summed E-state index contributed by atoms with van der Waals surface area (Å²) >= 11 is 4.16. The van der Waals surface area contributed by atoms with Crippen molar-refractivity contribution in [1.29, 1.82) is 0 Å². The molecule has 0 bridgehead atoms. The number of carbonyl (C=O) groups is 1. The van der Waals surface area contributed by atoms with Gasteiger partial charge in [0.2, 0.25) is 0 Å². The standard InChI is InChI=1S/C19H16N6O2S3/c1-11-9-20-18(28-11)24-17(26)16-14(29-13-5-3-12(27-2)4-6-13)7-8-15(23-16)30-19-21-10-22-25-19/h3-10H,1-2H3,(H,20,24,26)(H,21,22,25). The third-order valence-corrected chi connectivity index (χ3v) is 6.49. The van der Waals surface area contributed by atoms with E-state index < -0.39 is 0 Å². The van der Waals surface area contributed by atoms with Crippen molar-refractivity contribution in [2.75, 3.05) is 12.4 Å². The topological polar surface area (TPSA) is 106 Å². The van der Waals surface area contributed by atoms with E-state index in [1.807, 2.05) is 43.3 Å². The second-order valence-electron chi connectivity index (χ2n) is 5.90. The molecule has 4 rings (SSSR count). The van der Waals surface area contributed by atoms with E-state index in [1.165, 1.54) is 41.2 Å². The lowest BCUT2D eigenvalue weighted by Gasteiger charge is -2.10. The highest BCUT2D eigenvalue weighted by atomic mass is 32.2. The molecular weight excluding hydrogens is 440 g/mol. The van der Waals surface area contributed by atoms with Gasteiger partial charge in [-0.25, -0.2) is 9.97 Å². The van der Waals surface area contributed by atoms with Gasteiger partial charge in [-0.1, -0.05) is 11.8 Å². The van der Waals surface area contributed by atoms with Crippen LogP contribution in [0.4, 0.5) is 5.13 Å². The number of methoxy groups -OCH3 is 1. The van der Waals surface area contributed by atoms with Crippen molar-refractivity contribution in [1.82, 2.24) is 25.1 Å². The number of aromatic amines is 1. The first kappa shape index (κ1) is 20.4. The minimum absolute atomic E-state index is 0.313. The molecule has 0 aliphatic carbocycles. The van der Waals surface area contributed by atoms with Gasteiger partial charge in [-0.15, -0.1) is 21.5 Å². The van der Waals surface area contributed by atoms with Gasteiger partial charge in [-0.2, -0.15) is 0 Å². The van der Waals surface area contributed by atoms with Crippen molar-refractivity contribution in [2.45, 2.75) is 26.9 Å². The number of ether oxygens (including phenoxy) is 1. The lowest BCUT2D eigenvalue weighted by Crippen LogP contribution is -2.15. The zero-order chi connectivity index (χ0) is 20.9. The number of thiazole rings is 1. The van der Waals surface area contributed by atoms with E-state index in [2.05, 4.69) is 30.5 Å². The van der Waals surface area contributed by atoms with Gasteiger partial charge in [0.15, 0.2) is 10.3 Å². The van der Waals surface area contributed by atoms with E-state index in [0.717, 1.165) is 20.4 Å². The molecule has 0 atom stereocenters. The molecule has 2 N–H and O–H groups in total. The molecule has 0 saturated carbocycles. The van der Waals surface area contributed by atoms with Crippen LogP contribution >= 0.6 is 34.9 Å². The predicted molar refractivity (Wildman–Crippen MR) is 117 cm³/mol. The summed E-state index contributed by atoms with van der Waals surface area (Å²) in [7, 11) is 1.62. The Labute approximate surface area is 184 Å². The predicted octanol–water partition coefficient (Wildman–Crippen LogP) is 4.53. The maximum Gasteiger partial charge on any atom is 0.277 e. The van der Waals surface area contributed by atoms with Gasteiger partial charge >= 0.3 is 0 Å². The SMILES string of the molecule is COc1ccc(Sc2ccc(Sc3nnc[nH]3)nc2C(=O)Nc2ncc(C)s2)cc1. The Morgan fingerprint density at radius 2 is 2.00 bits per heavy atom. The van der Waals surface area contributed by atoms with E-state index in [9.17, 15) is 4.79 Å². The van der Waals surface area contributed by atoms with Gasteiger partial charge in [0.25, 0.3) is 5.91 Å². The highest BCUT2D eigenvalue weighted by Gasteiger charge is 2.18. The van der Waals surface area contributed by atoms with E-state index in [0.29, 0.717) is 21.0 Å². The van der Waals surface area contributed by atoms with Gasteiger partial charge in [-0.05, 0) is 55.1 Å². The van der Waals surface area contributed by atoms with E-state index >= 15 is 0 Å². The Morgan fingerprint density at radius 3 is 2.67 bits per heavy atom. The fourth-order valence-corrected chi connectivity index (χ4v) is 4.64. The summed E-state index contributed by atoms with van der Waals surface area (Å²) in [6, 6.07) is 11.4. The number of rotatable bonds is 7. The molecule has 30 heavy (non-hydrogen) atoms. The summed E-state index contributed by atoms with van der Waals surface area (Å²) in [5.41, 5.74) is 0.313. The minimum Gasteiger partial charge on any atom is -0.497 e. The molecular formula is C19H16N6O2S3. The number of carbonyl (C=O) groups excluding carboxylic acids is 1. The average Bonchev–Trinajstić information content (AvgIpc) is 3.41. The summed E-state index contributed by atoms with van der Waals surface area (Å²) < 4.78 is 5.21. The van der Waals surface area contributed by atoms with Gasteiger partial charge in [-0.3, -0.25) is 10.1 Å². The third kappa shape index (κ3) is 4.99. The minimum atomic E-state index is -0.319. The van der Waals surface area contributed by atoms with Crippen LogP contribution in [-0.2, 0) is 0 Å². The second-order valence-corrected chi connectivity index (χ2v) is 9.26. The Kier molecular flexibility index (Phi) is 6.31. The Bertz CT molecular complexity index is 1150. The zero-order valence-corrected chi connectivity index (χ0v) is 18.4. The maximum absolute atomic E-state index is 13.0. The van der Waals surface area contributed by atoms with Crippen molar-refractivity contribution in [2.24, 2.45) is 0 Å². The van der Waals surface area contributed by atoms with Gasteiger partial charge in [0.1, 0.15) is 22.8 Å². The molecule has 3 heterocycles. The lowest BCUT2D eigenvalue weighted by molar-refractivity contribution is 0.101. The molecule has 0 aliphatic heterocycles. The molecule has 152 valence electrons. The maximum atomic E-state index is 13.0. The summed E-state index contributed by atoms with van der Waals surface area (Å²) in [5, 5.41) is 12.3. The number of nitrogens with zero attached hydrogens (tertiary/aromatic N) is 4. The molecule has 1 amide bonds. The summed E-state index contributed by atoms with van der Waals surface area (Å²) in [5.74, 6) is 0.453. The number of amides is 1. The number of anilines is 1. The molecule has 0 aliphatic rings. The van der Waals surface area contributed by atoms with E-state index in [4.69, 9.17) is 4.74 Å². The van der Waals surface area contributed by atoms with Crippen LogP contribution in [0.25, 0.3) is 0 Å². The van der Waals surface area contributed by atoms with Crippen molar-refractivity contribution in [3.8, 4) is 5.75 Å². The van der Waals surface area contributed by atoms with Crippen LogP contribution in [0, 0.1) is 6.92 Å². The summed E-state index contributed by atoms with van der Waals surface area (Å²) in [4.78, 5) is 27.4. The number of aryl methyl sites for hydroxylation is 1. The number of nitrogens with one attached hydrogen (secondary N) is 2. The van der Waals surface area contributed by atoms with Crippen LogP contribution in [0.15, 0.2) is 68.9 Å². The molecule has 0 unspecified atom stereocenters. The zero-order valence-electron chi connectivity index (χ0n) is 15.9. The highest BCUT2D eigenvalue weighted by molar-refractivity contribution is 7.99. The molecule has 0 saturated heterocycles. The first-order chi connectivity index (χ1) is 14.6. The Balaban J connectivity index is 1.63. The highest BCUT2D eigenvalue weighted by Crippen LogP contribution is 2.33.